The number of epoxide rings is 1. The molecule has 2 saturated carbocycles. The lowest BCUT2D eigenvalue weighted by Gasteiger charge is -2.44. The number of aliphatic hydroxyl groups excluding tert-OH is 1. The van der Waals surface area contributed by atoms with Crippen LogP contribution in [0.15, 0.2) is 101 Å². The van der Waals surface area contributed by atoms with Gasteiger partial charge in [-0.15, -0.1) is 5.73 Å². The van der Waals surface area contributed by atoms with Gasteiger partial charge in [0, 0.05) is 30.8 Å². The van der Waals surface area contributed by atoms with E-state index >= 15 is 0 Å². The Morgan fingerprint density at radius 2 is 1.49 bits per heavy atom. The van der Waals surface area contributed by atoms with Gasteiger partial charge in [-0.2, -0.15) is 0 Å². The lowest BCUT2D eigenvalue weighted by molar-refractivity contribution is -0.152. The van der Waals surface area contributed by atoms with Crippen LogP contribution in [0.4, 0.5) is 0 Å². The van der Waals surface area contributed by atoms with Gasteiger partial charge in [-0.1, -0.05) is 81.9 Å². The Morgan fingerprint density at radius 3 is 2.06 bits per heavy atom. The van der Waals surface area contributed by atoms with E-state index in [1.807, 2.05) is 95.4 Å². The number of allylic oxidation sites excluding steroid dienone is 11. The minimum atomic E-state index is -1.12. The van der Waals surface area contributed by atoms with Gasteiger partial charge in [0.05, 0.1) is 24.4 Å². The van der Waals surface area contributed by atoms with Gasteiger partial charge >= 0.3 is 11.9 Å². The molecule has 3 aliphatic rings. The molecule has 0 unspecified atom stereocenters. The summed E-state index contributed by atoms with van der Waals surface area (Å²) < 4.78 is 16.6. The fourth-order valence-electron chi connectivity index (χ4n) is 7.41. The Bertz CT molecular complexity index is 1470. The van der Waals surface area contributed by atoms with Crippen molar-refractivity contribution in [1.82, 2.24) is 0 Å². The normalized spacial score (nSPS) is 32.5. The van der Waals surface area contributed by atoms with Gasteiger partial charge in [0.25, 0.3) is 0 Å². The third-order valence-electron chi connectivity index (χ3n) is 9.47. The fourth-order valence-corrected chi connectivity index (χ4v) is 7.41. The molecular formula is C40H54O7. The molecule has 1 saturated heterocycles. The van der Waals surface area contributed by atoms with E-state index in [0.717, 1.165) is 16.7 Å². The number of rotatable bonds is 10. The molecule has 0 amide bonds. The van der Waals surface area contributed by atoms with Crippen molar-refractivity contribution < 1.29 is 34.0 Å². The maximum atomic E-state index is 12.5. The first-order chi connectivity index (χ1) is 21.8. The van der Waals surface area contributed by atoms with E-state index in [0.29, 0.717) is 31.3 Å². The second-order valence-corrected chi connectivity index (χ2v) is 14.9. The van der Waals surface area contributed by atoms with Crippen LogP contribution in [-0.2, 0) is 23.8 Å². The largest absolute Gasteiger partial charge is 0.465 e. The number of hydrogen-bond acceptors (Lipinski definition) is 7. The first-order valence-corrected chi connectivity index (χ1v) is 16.4. The number of hydrogen-bond donors (Lipinski definition) is 2. The first-order valence-electron chi connectivity index (χ1n) is 16.4. The summed E-state index contributed by atoms with van der Waals surface area (Å²) in [7, 11) is 1.36. The van der Waals surface area contributed by atoms with Crippen molar-refractivity contribution in [3.8, 4) is 0 Å². The molecule has 0 aromatic carbocycles. The number of methoxy groups -OCH3 is 1. The van der Waals surface area contributed by atoms with Crippen LogP contribution in [0.3, 0.4) is 0 Å². The van der Waals surface area contributed by atoms with Gasteiger partial charge in [-0.05, 0) is 75.8 Å². The molecule has 3 rings (SSSR count). The summed E-state index contributed by atoms with van der Waals surface area (Å²) in [5.41, 5.74) is 3.79. The summed E-state index contributed by atoms with van der Waals surface area (Å²) in [6.07, 6.45) is 24.2. The Balaban J connectivity index is 1.63. The zero-order chi connectivity index (χ0) is 35.3. The van der Waals surface area contributed by atoms with E-state index in [-0.39, 0.29) is 22.9 Å². The summed E-state index contributed by atoms with van der Waals surface area (Å²) in [5.74, 6) is -0.763. The summed E-state index contributed by atoms with van der Waals surface area (Å²) in [6.45, 7) is 17.4. The van der Waals surface area contributed by atoms with Crippen molar-refractivity contribution in [2.24, 2.45) is 10.8 Å². The zero-order valence-electron chi connectivity index (χ0n) is 29.8. The molecule has 0 spiro atoms. The van der Waals surface area contributed by atoms with Gasteiger partial charge < -0.3 is 24.4 Å². The van der Waals surface area contributed by atoms with E-state index in [1.165, 1.54) is 14.0 Å². The number of carbonyl (C=O) groups is 2. The predicted molar refractivity (Wildman–Crippen MR) is 186 cm³/mol. The highest BCUT2D eigenvalue weighted by atomic mass is 16.6. The average molecular weight is 647 g/mol. The van der Waals surface area contributed by atoms with Crippen LogP contribution in [-0.4, -0.2) is 58.3 Å². The maximum Gasteiger partial charge on any atom is 0.337 e. The Kier molecular flexibility index (Phi) is 11.9. The fraction of sp³-hybridized carbons (Fsp3) is 0.525. The topological polar surface area (TPSA) is 106 Å². The smallest absolute Gasteiger partial charge is 0.337 e. The van der Waals surface area contributed by atoms with E-state index in [9.17, 15) is 19.8 Å². The molecule has 7 nitrogen and oxygen atoms in total. The molecule has 7 heteroatoms. The van der Waals surface area contributed by atoms with Gasteiger partial charge in [0.15, 0.2) is 0 Å². The van der Waals surface area contributed by atoms with Crippen molar-refractivity contribution in [3.63, 3.8) is 0 Å². The van der Waals surface area contributed by atoms with Crippen molar-refractivity contribution in [1.29, 1.82) is 0 Å². The highest BCUT2D eigenvalue weighted by Gasteiger charge is 2.74. The summed E-state index contributed by atoms with van der Waals surface area (Å²) in [4.78, 5) is 23.9. The van der Waals surface area contributed by atoms with Crippen molar-refractivity contribution in [3.05, 3.63) is 101 Å². The van der Waals surface area contributed by atoms with Crippen LogP contribution in [0.1, 0.15) is 88.0 Å². The van der Waals surface area contributed by atoms with Crippen molar-refractivity contribution in [2.45, 2.75) is 117 Å². The Labute approximate surface area is 281 Å². The number of aliphatic hydroxyl groups is 2. The lowest BCUT2D eigenvalue weighted by Crippen LogP contribution is -2.46. The number of fused-ring (bicyclic) bond motifs is 1. The molecule has 1 aliphatic heterocycles. The average Bonchev–Trinajstić information content (AvgIpc) is 3.55. The van der Waals surface area contributed by atoms with Crippen LogP contribution in [0.2, 0.25) is 0 Å². The van der Waals surface area contributed by atoms with E-state index in [2.05, 4.69) is 19.6 Å². The monoisotopic (exact) mass is 646 g/mol. The van der Waals surface area contributed by atoms with Crippen LogP contribution < -0.4 is 0 Å². The second-order valence-electron chi connectivity index (χ2n) is 14.9. The van der Waals surface area contributed by atoms with E-state index in [1.54, 1.807) is 19.1 Å². The SMILES string of the molecule is COC(=O)C(/C=C/[C@@]12O[C@]1(C)C[C@@H](O)CC2(C)C)=C/C=C/C(C)=C/C=C\C=C\C=C(/C)C=C=C1C(C)(C)C[C@H](OC(C)=O)C[C@@]1(C)O. The number of esters is 2. The maximum absolute atomic E-state index is 12.5. The van der Waals surface area contributed by atoms with Gasteiger partial charge in [0.1, 0.15) is 17.3 Å². The Hall–Kier alpha value is -3.48. The van der Waals surface area contributed by atoms with Crippen LogP contribution in [0, 0.1) is 10.8 Å². The molecule has 1 heterocycles. The quantitative estimate of drug-likeness (QED) is 0.0833. The third-order valence-corrected chi connectivity index (χ3v) is 9.47. The molecule has 5 atom stereocenters. The molecule has 0 aromatic heterocycles. The first kappa shape index (κ1) is 38.0. The molecule has 0 radical (unpaired) electrons. The van der Waals surface area contributed by atoms with E-state index in [4.69, 9.17) is 14.2 Å². The zero-order valence-corrected chi connectivity index (χ0v) is 29.8. The summed E-state index contributed by atoms with van der Waals surface area (Å²) in [5, 5.41) is 21.4. The van der Waals surface area contributed by atoms with Crippen molar-refractivity contribution in [2.75, 3.05) is 7.11 Å². The molecule has 3 fully saturated rings. The van der Waals surface area contributed by atoms with E-state index < -0.39 is 28.9 Å². The van der Waals surface area contributed by atoms with Gasteiger partial charge in [-0.25, -0.2) is 4.79 Å². The molecule has 2 N–H and O–H groups in total. The third kappa shape index (κ3) is 9.33. The summed E-state index contributed by atoms with van der Waals surface area (Å²) >= 11 is 0. The highest BCUT2D eigenvalue weighted by molar-refractivity contribution is 5.92. The molecular weight excluding hydrogens is 592 g/mol. The minimum absolute atomic E-state index is 0.275. The highest BCUT2D eigenvalue weighted by Crippen LogP contribution is 2.66. The lowest BCUT2D eigenvalue weighted by atomic mass is 9.63. The number of carbonyl (C=O) groups excluding carboxylic acids is 2. The molecule has 256 valence electrons. The molecule has 0 bridgehead atoms. The van der Waals surface area contributed by atoms with Crippen LogP contribution in [0.25, 0.3) is 0 Å². The number of ether oxygens (including phenoxy) is 3. The molecule has 0 aromatic rings. The van der Waals surface area contributed by atoms with Gasteiger partial charge in [-0.3, -0.25) is 4.79 Å². The standard InChI is InChI=1S/C40H54O7/c1-28(18-15-19-31(35(43)45-10)22-23-40-37(6,7)24-32(42)25-39(40,9)47-40)16-13-11-12-14-17-29(2)20-21-34-36(4,5)26-33(46-30(3)41)27-38(34,8)44/h11-20,22-23,32-33,42,44H,24-27H2,1-10H3/b13-11-,14-12+,18-15+,23-22+,28-16+,29-17+,31-19+/t21?,32-,33-,38+,39+,40-/m0/s1. The minimum Gasteiger partial charge on any atom is -0.465 e. The summed E-state index contributed by atoms with van der Waals surface area (Å²) in [6, 6.07) is 0. The predicted octanol–water partition coefficient (Wildman–Crippen LogP) is 7.50. The molecule has 2 aliphatic carbocycles. The van der Waals surface area contributed by atoms with Gasteiger partial charge in [0.2, 0.25) is 0 Å². The van der Waals surface area contributed by atoms with Crippen molar-refractivity contribution >= 4 is 11.9 Å². The molecule has 47 heavy (non-hydrogen) atoms. The second kappa shape index (κ2) is 14.7. The Morgan fingerprint density at radius 1 is 0.851 bits per heavy atom. The van der Waals surface area contributed by atoms with Crippen LogP contribution in [0.5, 0.6) is 0 Å². The van der Waals surface area contributed by atoms with Crippen LogP contribution >= 0.6 is 0 Å².